The predicted molar refractivity (Wildman–Crippen MR) is 163 cm³/mol. The van der Waals surface area contributed by atoms with Gasteiger partial charge in [0.25, 0.3) is 0 Å². The van der Waals surface area contributed by atoms with Gasteiger partial charge >= 0.3 is 0 Å². The number of aromatic nitrogens is 2. The van der Waals surface area contributed by atoms with Crippen molar-refractivity contribution in [2.24, 2.45) is 11.7 Å². The number of rotatable bonds is 10. The van der Waals surface area contributed by atoms with Gasteiger partial charge in [-0.15, -0.1) is 0 Å². The minimum Gasteiger partial charge on any atom is -0.356 e. The summed E-state index contributed by atoms with van der Waals surface area (Å²) >= 11 is 0. The lowest BCUT2D eigenvalue weighted by Gasteiger charge is -2.47. The number of hydrogen-bond donors (Lipinski definition) is 3. The molecule has 1 amide bonds. The van der Waals surface area contributed by atoms with E-state index < -0.39 is 0 Å². The second-order valence-corrected chi connectivity index (χ2v) is 12.6. The molecule has 1 aromatic heterocycles. The molecule has 2 atom stereocenters. The summed E-state index contributed by atoms with van der Waals surface area (Å²) < 4.78 is 0. The van der Waals surface area contributed by atoms with Crippen LogP contribution in [0.25, 0.3) is 0 Å². The smallest absolute Gasteiger partial charge is 0.225 e. The molecule has 40 heavy (non-hydrogen) atoms. The first-order chi connectivity index (χ1) is 19.7. The van der Waals surface area contributed by atoms with Crippen LogP contribution in [0.3, 0.4) is 0 Å². The molecule has 9 heteroatoms. The summed E-state index contributed by atoms with van der Waals surface area (Å²) in [5, 5.41) is 7.21. The normalized spacial score (nSPS) is 25.9. The van der Waals surface area contributed by atoms with Gasteiger partial charge in [-0.3, -0.25) is 9.69 Å². The van der Waals surface area contributed by atoms with Crippen molar-refractivity contribution in [3.8, 4) is 0 Å². The lowest BCUT2D eigenvalue weighted by Crippen LogP contribution is -2.57. The van der Waals surface area contributed by atoms with Crippen molar-refractivity contribution in [2.45, 2.75) is 108 Å². The van der Waals surface area contributed by atoms with E-state index in [0.717, 1.165) is 76.7 Å². The molecule has 224 valence electrons. The topological polar surface area (TPSA) is 103 Å². The molecule has 4 N–H and O–H groups in total. The summed E-state index contributed by atoms with van der Waals surface area (Å²) in [6.45, 7) is 7.15. The van der Waals surface area contributed by atoms with Crippen LogP contribution in [0.2, 0.25) is 0 Å². The molecule has 2 unspecified atom stereocenters. The molecule has 1 aliphatic carbocycles. The summed E-state index contributed by atoms with van der Waals surface area (Å²) in [5.41, 5.74) is 6.02. The van der Waals surface area contributed by atoms with Gasteiger partial charge in [0.2, 0.25) is 11.9 Å². The van der Waals surface area contributed by atoms with Crippen molar-refractivity contribution in [3.05, 3.63) is 12.3 Å². The zero-order valence-corrected chi connectivity index (χ0v) is 24.7. The number of anilines is 2. The molecule has 4 fully saturated rings. The third kappa shape index (κ3) is 7.85. The Labute approximate surface area is 242 Å². The quantitative estimate of drug-likeness (QED) is 0.403. The van der Waals surface area contributed by atoms with Crippen LogP contribution >= 0.6 is 0 Å². The fourth-order valence-corrected chi connectivity index (χ4v) is 7.65. The molecular weight excluding hydrogens is 500 g/mol. The molecular formula is C31H54N8O. The Hall–Kier alpha value is -1.97. The Kier molecular flexibility index (Phi) is 11.3. The van der Waals surface area contributed by atoms with Crippen LogP contribution in [0.1, 0.15) is 89.9 Å². The predicted octanol–water partition coefficient (Wildman–Crippen LogP) is 3.61. The minimum absolute atomic E-state index is 0.137. The van der Waals surface area contributed by atoms with Crippen LogP contribution in [-0.2, 0) is 4.79 Å². The van der Waals surface area contributed by atoms with Crippen molar-refractivity contribution >= 4 is 17.7 Å². The molecule has 1 aromatic rings. The van der Waals surface area contributed by atoms with E-state index in [-0.39, 0.29) is 12.0 Å². The zero-order valence-electron chi connectivity index (χ0n) is 24.7. The maximum absolute atomic E-state index is 13.5. The van der Waals surface area contributed by atoms with E-state index in [1.54, 1.807) is 0 Å². The van der Waals surface area contributed by atoms with E-state index in [0.29, 0.717) is 31.1 Å². The fraction of sp³-hybridized carbons (Fsp3) is 0.839. The number of carbonyl (C=O) groups is 1. The Morgan fingerprint density at radius 3 is 2.45 bits per heavy atom. The van der Waals surface area contributed by atoms with Gasteiger partial charge in [0.15, 0.2) is 0 Å². The van der Waals surface area contributed by atoms with E-state index in [4.69, 9.17) is 10.7 Å². The first-order valence-corrected chi connectivity index (χ1v) is 16.5. The largest absolute Gasteiger partial charge is 0.356 e. The van der Waals surface area contributed by atoms with Crippen LogP contribution in [-0.4, -0.2) is 96.2 Å². The highest BCUT2D eigenvalue weighted by Crippen LogP contribution is 2.32. The number of amides is 1. The summed E-state index contributed by atoms with van der Waals surface area (Å²) in [4.78, 5) is 30.5. The third-order valence-electron chi connectivity index (χ3n) is 9.84. The fourth-order valence-electron chi connectivity index (χ4n) is 7.65. The second-order valence-electron chi connectivity index (χ2n) is 12.6. The van der Waals surface area contributed by atoms with Gasteiger partial charge in [0, 0.05) is 63.0 Å². The Morgan fingerprint density at radius 1 is 0.950 bits per heavy atom. The summed E-state index contributed by atoms with van der Waals surface area (Å²) in [6.07, 6.45) is 18.8. The molecule has 0 radical (unpaired) electrons. The molecule has 0 spiro atoms. The van der Waals surface area contributed by atoms with E-state index in [1.165, 1.54) is 64.2 Å². The van der Waals surface area contributed by atoms with Gasteiger partial charge in [-0.05, 0) is 83.5 Å². The number of nitrogens with two attached hydrogens (primary N) is 1. The second kappa shape index (κ2) is 15.3. The number of piperidine rings is 2. The zero-order chi connectivity index (χ0) is 27.6. The number of carbonyl (C=O) groups excluding carboxylic acids is 1. The lowest BCUT2D eigenvalue weighted by molar-refractivity contribution is -0.136. The van der Waals surface area contributed by atoms with Crippen LogP contribution in [0.5, 0.6) is 0 Å². The van der Waals surface area contributed by atoms with Gasteiger partial charge in [0.1, 0.15) is 5.82 Å². The highest BCUT2D eigenvalue weighted by atomic mass is 16.2. The van der Waals surface area contributed by atoms with Gasteiger partial charge in [0.05, 0.1) is 0 Å². The first-order valence-electron chi connectivity index (χ1n) is 16.5. The van der Waals surface area contributed by atoms with Crippen molar-refractivity contribution < 1.29 is 4.79 Å². The van der Waals surface area contributed by atoms with Crippen LogP contribution in [0.4, 0.5) is 11.8 Å². The first kappa shape index (κ1) is 29.5. The third-order valence-corrected chi connectivity index (χ3v) is 9.84. The highest BCUT2D eigenvalue weighted by molar-refractivity contribution is 5.79. The van der Waals surface area contributed by atoms with Gasteiger partial charge < -0.3 is 26.2 Å². The lowest BCUT2D eigenvalue weighted by atomic mass is 9.87. The Bertz CT molecular complexity index is 895. The van der Waals surface area contributed by atoms with Crippen molar-refractivity contribution in [3.63, 3.8) is 0 Å². The van der Waals surface area contributed by atoms with Gasteiger partial charge in [-0.2, -0.15) is 4.98 Å². The van der Waals surface area contributed by atoms with E-state index in [2.05, 4.69) is 36.4 Å². The molecule has 0 aromatic carbocycles. The minimum atomic E-state index is 0.137. The SMILES string of the molecule is NCCN(CCC1C(Nc2nccc(N3CCCCCC3)n2)CCCN1C1CCCCC1)C(=O)C1CCNCC1. The monoisotopic (exact) mass is 554 g/mol. The van der Waals surface area contributed by atoms with Crippen LogP contribution < -0.4 is 21.3 Å². The molecule has 4 heterocycles. The van der Waals surface area contributed by atoms with E-state index in [1.807, 2.05) is 6.20 Å². The molecule has 3 saturated heterocycles. The maximum Gasteiger partial charge on any atom is 0.225 e. The van der Waals surface area contributed by atoms with Crippen LogP contribution in [0.15, 0.2) is 12.3 Å². The molecule has 5 rings (SSSR count). The van der Waals surface area contributed by atoms with Crippen molar-refractivity contribution in [2.75, 3.05) is 62.6 Å². The molecule has 0 bridgehead atoms. The number of nitrogens with zero attached hydrogens (tertiary/aromatic N) is 5. The summed E-state index contributed by atoms with van der Waals surface area (Å²) in [6, 6.07) is 3.36. The Morgan fingerprint density at radius 2 is 1.70 bits per heavy atom. The number of likely N-dealkylation sites (tertiary alicyclic amines) is 1. The number of hydrogen-bond acceptors (Lipinski definition) is 8. The molecule has 1 saturated carbocycles. The van der Waals surface area contributed by atoms with Crippen molar-refractivity contribution in [1.29, 1.82) is 0 Å². The van der Waals surface area contributed by atoms with Crippen LogP contribution in [0, 0.1) is 5.92 Å². The van der Waals surface area contributed by atoms with E-state index >= 15 is 0 Å². The standard InChI is InChI=1S/C31H54N8O/c32-16-24-38(30(40)25-12-17-33-18-13-25)23-15-28-27(11-8-22-39(28)26-9-4-3-5-10-26)35-31-34-19-14-29(36-31)37-20-6-1-2-7-21-37/h14,19,25-28,33H,1-13,15-18,20-24,32H2,(H,34,35,36). The average molecular weight is 555 g/mol. The molecule has 4 aliphatic rings. The number of nitrogens with one attached hydrogen (secondary N) is 2. The Balaban J connectivity index is 1.30. The van der Waals surface area contributed by atoms with Gasteiger partial charge in [-0.25, -0.2) is 4.98 Å². The summed E-state index contributed by atoms with van der Waals surface area (Å²) in [5.74, 6) is 2.26. The highest BCUT2D eigenvalue weighted by Gasteiger charge is 2.37. The maximum atomic E-state index is 13.5. The molecule has 3 aliphatic heterocycles. The molecule has 9 nitrogen and oxygen atoms in total. The van der Waals surface area contributed by atoms with Crippen molar-refractivity contribution in [1.82, 2.24) is 25.1 Å². The average Bonchev–Trinajstić information content (AvgIpc) is 3.30. The van der Waals surface area contributed by atoms with E-state index in [9.17, 15) is 4.79 Å². The van der Waals surface area contributed by atoms with Gasteiger partial charge in [-0.1, -0.05) is 32.1 Å². The summed E-state index contributed by atoms with van der Waals surface area (Å²) in [7, 11) is 0.